The number of benzene rings is 2. The lowest BCUT2D eigenvalue weighted by Crippen LogP contribution is -2.24. The average Bonchev–Trinajstić information content (AvgIpc) is 3.02. The molecule has 1 heterocycles. The Morgan fingerprint density at radius 3 is 2.52 bits per heavy atom. The van der Waals surface area contributed by atoms with Crippen molar-refractivity contribution in [3.63, 3.8) is 0 Å². The molecule has 8 heteroatoms. The molecule has 27 heavy (non-hydrogen) atoms. The highest BCUT2D eigenvalue weighted by Crippen LogP contribution is 2.28. The molecule has 0 bridgehead atoms. The Hall–Kier alpha value is -2.87. The molecule has 2 amide bonds. The number of amides is 2. The number of carbonyl (C=O) groups is 2. The fourth-order valence-corrected chi connectivity index (χ4v) is 4.43. The van der Waals surface area contributed by atoms with Gasteiger partial charge in [0.2, 0.25) is 11.8 Å². The largest absolute Gasteiger partial charge is 0.366 e. The van der Waals surface area contributed by atoms with Gasteiger partial charge in [0.05, 0.1) is 10.6 Å². The number of carbonyl (C=O) groups excluding carboxylic acids is 2. The van der Waals surface area contributed by atoms with Crippen molar-refractivity contribution in [3.8, 4) is 0 Å². The van der Waals surface area contributed by atoms with Crippen molar-refractivity contribution in [2.45, 2.75) is 31.6 Å². The zero-order valence-corrected chi connectivity index (χ0v) is 16.0. The lowest BCUT2D eigenvalue weighted by molar-refractivity contribution is -0.117. The average molecular weight is 387 g/mol. The van der Waals surface area contributed by atoms with Gasteiger partial charge >= 0.3 is 0 Å². The molecule has 7 nitrogen and oxygen atoms in total. The molecule has 0 unspecified atom stereocenters. The van der Waals surface area contributed by atoms with Gasteiger partial charge in [-0.05, 0) is 61.7 Å². The van der Waals surface area contributed by atoms with Crippen LogP contribution < -0.4 is 15.4 Å². The first kappa shape index (κ1) is 18.9. The number of anilines is 2. The second-order valence-corrected chi connectivity index (χ2v) is 8.23. The molecule has 0 saturated carbocycles. The minimum absolute atomic E-state index is 0.0470. The minimum atomic E-state index is -3.86. The standard InChI is InChI=1S/C19H21N3O4S/c1-12-11-14(8-9-17(12)22-10-4-7-18(22)23)27(25,26)21-16-6-3-5-15(13(16)2)19(20)24/h3,5-6,8-9,11,21H,4,7,10H2,1-2H3,(H2,20,24). The van der Waals surface area contributed by atoms with Gasteiger partial charge in [-0.15, -0.1) is 0 Å². The van der Waals surface area contributed by atoms with Crippen LogP contribution in [-0.2, 0) is 14.8 Å². The molecular formula is C19H21N3O4S. The Morgan fingerprint density at radius 2 is 1.93 bits per heavy atom. The van der Waals surface area contributed by atoms with E-state index in [1.807, 2.05) is 0 Å². The third-order valence-corrected chi connectivity index (χ3v) is 6.05. The van der Waals surface area contributed by atoms with E-state index in [1.165, 1.54) is 12.1 Å². The van der Waals surface area contributed by atoms with E-state index < -0.39 is 15.9 Å². The molecule has 0 radical (unpaired) electrons. The van der Waals surface area contributed by atoms with Crippen LogP contribution in [0.3, 0.4) is 0 Å². The van der Waals surface area contributed by atoms with E-state index in [4.69, 9.17) is 5.73 Å². The number of rotatable bonds is 5. The van der Waals surface area contributed by atoms with Crippen molar-refractivity contribution in [3.05, 3.63) is 53.1 Å². The second kappa shape index (κ2) is 7.03. The highest BCUT2D eigenvalue weighted by molar-refractivity contribution is 7.92. The summed E-state index contributed by atoms with van der Waals surface area (Å²) in [6, 6.07) is 9.35. The molecule has 0 aromatic heterocycles. The molecule has 0 spiro atoms. The van der Waals surface area contributed by atoms with E-state index in [9.17, 15) is 18.0 Å². The first-order valence-electron chi connectivity index (χ1n) is 8.54. The van der Waals surface area contributed by atoms with Gasteiger partial charge in [0.1, 0.15) is 0 Å². The predicted octanol–water partition coefficient (Wildman–Crippen LogP) is 2.33. The minimum Gasteiger partial charge on any atom is -0.366 e. The fraction of sp³-hybridized carbons (Fsp3) is 0.263. The summed E-state index contributed by atoms with van der Waals surface area (Å²) in [4.78, 5) is 25.2. The Bertz CT molecular complexity index is 1030. The number of nitrogens with one attached hydrogen (secondary N) is 1. The first-order valence-corrected chi connectivity index (χ1v) is 10.0. The monoisotopic (exact) mass is 387 g/mol. The topological polar surface area (TPSA) is 110 Å². The maximum absolute atomic E-state index is 12.8. The summed E-state index contributed by atoms with van der Waals surface area (Å²) in [5, 5.41) is 0. The van der Waals surface area contributed by atoms with E-state index in [0.717, 1.165) is 12.1 Å². The van der Waals surface area contributed by atoms with Crippen LogP contribution in [0.5, 0.6) is 0 Å². The zero-order valence-electron chi connectivity index (χ0n) is 15.2. The quantitative estimate of drug-likeness (QED) is 0.820. The van der Waals surface area contributed by atoms with E-state index in [-0.39, 0.29) is 16.4 Å². The molecule has 142 valence electrons. The summed E-state index contributed by atoms with van der Waals surface area (Å²) in [7, 11) is -3.86. The molecule has 2 aromatic carbocycles. The number of hydrogen-bond donors (Lipinski definition) is 2. The van der Waals surface area contributed by atoms with Crippen molar-refractivity contribution in [1.29, 1.82) is 0 Å². The summed E-state index contributed by atoms with van der Waals surface area (Å²) >= 11 is 0. The van der Waals surface area contributed by atoms with Gasteiger partial charge < -0.3 is 10.6 Å². The third kappa shape index (κ3) is 3.66. The third-order valence-electron chi connectivity index (χ3n) is 4.69. The van der Waals surface area contributed by atoms with Crippen molar-refractivity contribution in [1.82, 2.24) is 0 Å². The first-order chi connectivity index (χ1) is 12.7. The molecule has 2 aromatic rings. The van der Waals surface area contributed by atoms with Crippen LogP contribution in [0.25, 0.3) is 0 Å². The van der Waals surface area contributed by atoms with Crippen LogP contribution in [0.4, 0.5) is 11.4 Å². The van der Waals surface area contributed by atoms with Gasteiger partial charge in [0, 0.05) is 24.2 Å². The number of aryl methyl sites for hydroxylation is 1. The molecule has 3 rings (SSSR count). The fourth-order valence-electron chi connectivity index (χ4n) is 3.22. The maximum Gasteiger partial charge on any atom is 0.261 e. The molecule has 0 aliphatic carbocycles. The highest BCUT2D eigenvalue weighted by Gasteiger charge is 2.24. The smallest absolute Gasteiger partial charge is 0.261 e. The van der Waals surface area contributed by atoms with Crippen molar-refractivity contribution in [2.24, 2.45) is 5.73 Å². The van der Waals surface area contributed by atoms with Gasteiger partial charge in [0.25, 0.3) is 10.0 Å². The number of nitrogens with zero attached hydrogens (tertiary/aromatic N) is 1. The van der Waals surface area contributed by atoms with E-state index >= 15 is 0 Å². The Morgan fingerprint density at radius 1 is 1.19 bits per heavy atom. The maximum atomic E-state index is 12.8. The van der Waals surface area contributed by atoms with Crippen LogP contribution in [0.15, 0.2) is 41.3 Å². The lowest BCUT2D eigenvalue weighted by Gasteiger charge is -2.19. The van der Waals surface area contributed by atoms with E-state index in [1.54, 1.807) is 43.0 Å². The van der Waals surface area contributed by atoms with Crippen LogP contribution >= 0.6 is 0 Å². The molecule has 3 N–H and O–H groups in total. The molecule has 1 aliphatic rings. The van der Waals surface area contributed by atoms with Crippen LogP contribution in [0.2, 0.25) is 0 Å². The van der Waals surface area contributed by atoms with E-state index in [2.05, 4.69) is 4.72 Å². The van der Waals surface area contributed by atoms with Gasteiger partial charge in [-0.1, -0.05) is 6.07 Å². The summed E-state index contributed by atoms with van der Waals surface area (Å²) in [6.45, 7) is 4.05. The van der Waals surface area contributed by atoms with Gasteiger partial charge in [0.15, 0.2) is 0 Å². The Balaban J connectivity index is 1.92. The molecule has 0 atom stereocenters. The van der Waals surface area contributed by atoms with Gasteiger partial charge in [-0.2, -0.15) is 0 Å². The number of primary amides is 1. The molecule has 1 fully saturated rings. The normalized spacial score (nSPS) is 14.4. The summed E-state index contributed by atoms with van der Waals surface area (Å²) in [5.74, 6) is -0.574. The number of sulfonamides is 1. The van der Waals surface area contributed by atoms with E-state index in [0.29, 0.717) is 29.8 Å². The van der Waals surface area contributed by atoms with Crippen molar-refractivity contribution < 1.29 is 18.0 Å². The molecular weight excluding hydrogens is 366 g/mol. The highest BCUT2D eigenvalue weighted by atomic mass is 32.2. The summed E-state index contributed by atoms with van der Waals surface area (Å²) < 4.78 is 28.1. The molecule has 1 saturated heterocycles. The predicted molar refractivity (Wildman–Crippen MR) is 103 cm³/mol. The Kier molecular flexibility index (Phi) is 4.93. The van der Waals surface area contributed by atoms with Crippen LogP contribution in [0, 0.1) is 13.8 Å². The molecule has 1 aliphatic heterocycles. The van der Waals surface area contributed by atoms with Crippen molar-refractivity contribution in [2.75, 3.05) is 16.2 Å². The second-order valence-electron chi connectivity index (χ2n) is 6.55. The summed E-state index contributed by atoms with van der Waals surface area (Å²) in [6.07, 6.45) is 1.31. The Labute approximate surface area is 158 Å². The van der Waals surface area contributed by atoms with Gasteiger partial charge in [-0.3, -0.25) is 14.3 Å². The summed E-state index contributed by atoms with van der Waals surface area (Å²) in [5.41, 5.74) is 7.76. The van der Waals surface area contributed by atoms with Crippen LogP contribution in [-0.4, -0.2) is 26.8 Å². The lowest BCUT2D eigenvalue weighted by atomic mass is 10.1. The van der Waals surface area contributed by atoms with Crippen LogP contribution in [0.1, 0.15) is 34.3 Å². The van der Waals surface area contributed by atoms with Gasteiger partial charge in [-0.25, -0.2) is 8.42 Å². The SMILES string of the molecule is Cc1cc(S(=O)(=O)Nc2cccc(C(N)=O)c2C)ccc1N1CCCC1=O. The number of hydrogen-bond acceptors (Lipinski definition) is 4. The number of nitrogens with two attached hydrogens (primary N) is 1. The van der Waals surface area contributed by atoms with Crippen molar-refractivity contribution >= 4 is 33.2 Å². The zero-order chi connectivity index (χ0) is 19.8.